The zero-order valence-electron chi connectivity index (χ0n) is 17.0. The molecule has 3 rings (SSSR count). The van der Waals surface area contributed by atoms with E-state index in [4.69, 9.17) is 15.9 Å². The van der Waals surface area contributed by atoms with Crippen LogP contribution < -0.4 is 16.8 Å². The molecule has 0 atom stereocenters. The number of amides is 1. The molecule has 148 valence electrons. The van der Waals surface area contributed by atoms with Gasteiger partial charge in [-0.2, -0.15) is 5.10 Å². The summed E-state index contributed by atoms with van der Waals surface area (Å²) in [6.07, 6.45) is 1.40. The number of furan rings is 1. The molecule has 1 aliphatic carbocycles. The minimum absolute atomic E-state index is 0.0735. The number of hydrogen-bond donors (Lipinski definition) is 3. The normalized spacial score (nSPS) is 16.5. The first-order chi connectivity index (χ1) is 13.1. The second-order valence-electron chi connectivity index (χ2n) is 8.22. The summed E-state index contributed by atoms with van der Waals surface area (Å²) in [6, 6.07) is 5.93. The SMILES string of the molecule is Cc1ccc(C)c(NC(=O)c2oc3c(c2C)/C(=N\N=C(N)N)CC(C)(C)C3)c1. The highest BCUT2D eigenvalue weighted by atomic mass is 16.4. The molecule has 1 aliphatic rings. The molecular weight excluding hydrogens is 354 g/mol. The highest BCUT2D eigenvalue weighted by Gasteiger charge is 2.36. The number of guanidine groups is 1. The van der Waals surface area contributed by atoms with E-state index < -0.39 is 0 Å². The molecule has 1 aromatic carbocycles. The fraction of sp³-hybridized carbons (Fsp3) is 0.381. The van der Waals surface area contributed by atoms with E-state index in [1.165, 1.54) is 0 Å². The van der Waals surface area contributed by atoms with Gasteiger partial charge in [-0.3, -0.25) is 4.79 Å². The summed E-state index contributed by atoms with van der Waals surface area (Å²) in [5.74, 6) is 0.650. The lowest BCUT2D eigenvalue weighted by Crippen LogP contribution is -2.27. The van der Waals surface area contributed by atoms with Gasteiger partial charge in [0.05, 0.1) is 5.71 Å². The topological polar surface area (TPSA) is 119 Å². The van der Waals surface area contributed by atoms with Crippen LogP contribution in [0, 0.1) is 26.2 Å². The molecule has 0 fully saturated rings. The number of anilines is 1. The minimum atomic E-state index is -0.278. The maximum Gasteiger partial charge on any atom is 0.291 e. The predicted molar refractivity (Wildman–Crippen MR) is 112 cm³/mol. The molecule has 0 saturated carbocycles. The van der Waals surface area contributed by atoms with Crippen LogP contribution in [0.25, 0.3) is 0 Å². The molecule has 7 nitrogen and oxygen atoms in total. The first-order valence-electron chi connectivity index (χ1n) is 9.24. The monoisotopic (exact) mass is 381 g/mol. The molecule has 0 aliphatic heterocycles. The van der Waals surface area contributed by atoms with Gasteiger partial charge in [-0.15, -0.1) is 5.10 Å². The van der Waals surface area contributed by atoms with E-state index in [2.05, 4.69) is 29.4 Å². The van der Waals surface area contributed by atoms with Gasteiger partial charge in [0, 0.05) is 23.2 Å². The Bertz CT molecular complexity index is 994. The number of nitrogens with zero attached hydrogens (tertiary/aromatic N) is 2. The van der Waals surface area contributed by atoms with Crippen molar-refractivity contribution in [3.63, 3.8) is 0 Å². The smallest absolute Gasteiger partial charge is 0.291 e. The predicted octanol–water partition coefficient (Wildman–Crippen LogP) is 3.41. The van der Waals surface area contributed by atoms with Crippen molar-refractivity contribution in [3.8, 4) is 0 Å². The van der Waals surface area contributed by atoms with E-state index in [9.17, 15) is 4.79 Å². The van der Waals surface area contributed by atoms with Crippen molar-refractivity contribution in [3.05, 3.63) is 52.0 Å². The fourth-order valence-electron chi connectivity index (χ4n) is 3.58. The highest BCUT2D eigenvalue weighted by molar-refractivity contribution is 6.09. The van der Waals surface area contributed by atoms with Crippen LogP contribution >= 0.6 is 0 Å². The standard InChI is InChI=1S/C21H27N5O2/c1-11-6-7-12(2)14(8-11)24-19(27)18-13(3)17-15(25-26-20(22)23)9-21(4,5)10-16(17)28-18/h6-8H,9-10H2,1-5H3,(H,24,27)(H4,22,23,26)/b25-15-. The van der Waals surface area contributed by atoms with Crippen LogP contribution in [0.2, 0.25) is 0 Å². The third kappa shape index (κ3) is 3.93. The average molecular weight is 381 g/mol. The summed E-state index contributed by atoms with van der Waals surface area (Å²) in [7, 11) is 0. The molecular formula is C21H27N5O2. The number of rotatable bonds is 3. The Morgan fingerprint density at radius 3 is 2.57 bits per heavy atom. The third-order valence-corrected chi connectivity index (χ3v) is 4.93. The lowest BCUT2D eigenvalue weighted by Gasteiger charge is -2.29. The first-order valence-corrected chi connectivity index (χ1v) is 9.24. The Morgan fingerprint density at radius 2 is 1.89 bits per heavy atom. The van der Waals surface area contributed by atoms with Gasteiger partial charge >= 0.3 is 0 Å². The van der Waals surface area contributed by atoms with Gasteiger partial charge in [-0.1, -0.05) is 26.0 Å². The third-order valence-electron chi connectivity index (χ3n) is 4.93. The molecule has 28 heavy (non-hydrogen) atoms. The maximum atomic E-state index is 12.9. The fourth-order valence-corrected chi connectivity index (χ4v) is 3.58. The summed E-state index contributed by atoms with van der Waals surface area (Å²) in [4.78, 5) is 12.9. The largest absolute Gasteiger partial charge is 0.455 e. The first kappa shape index (κ1) is 19.7. The number of nitrogens with one attached hydrogen (secondary N) is 1. The number of carbonyl (C=O) groups excluding carboxylic acids is 1. The molecule has 5 N–H and O–H groups in total. The second-order valence-corrected chi connectivity index (χ2v) is 8.22. The lowest BCUT2D eigenvalue weighted by molar-refractivity contribution is 0.0992. The molecule has 0 bridgehead atoms. The van der Waals surface area contributed by atoms with Crippen molar-refractivity contribution in [2.24, 2.45) is 27.1 Å². The van der Waals surface area contributed by atoms with E-state index in [1.54, 1.807) is 0 Å². The van der Waals surface area contributed by atoms with E-state index >= 15 is 0 Å². The van der Waals surface area contributed by atoms with Gasteiger partial charge in [-0.25, -0.2) is 0 Å². The van der Waals surface area contributed by atoms with E-state index in [-0.39, 0.29) is 17.3 Å². The highest BCUT2D eigenvalue weighted by Crippen LogP contribution is 2.39. The molecule has 0 radical (unpaired) electrons. The quantitative estimate of drug-likeness (QED) is 0.429. The molecule has 0 saturated heterocycles. The average Bonchev–Trinajstić information content (AvgIpc) is 2.91. The number of fused-ring (bicyclic) bond motifs is 1. The summed E-state index contributed by atoms with van der Waals surface area (Å²) in [6.45, 7) is 10.0. The van der Waals surface area contributed by atoms with E-state index in [1.807, 2.05) is 39.0 Å². The molecule has 0 unspecified atom stereocenters. The van der Waals surface area contributed by atoms with E-state index in [0.717, 1.165) is 39.4 Å². The van der Waals surface area contributed by atoms with Crippen LogP contribution in [0.1, 0.15) is 58.8 Å². The second kappa shape index (κ2) is 7.14. The summed E-state index contributed by atoms with van der Waals surface area (Å²) < 4.78 is 6.01. The number of benzene rings is 1. The van der Waals surface area contributed by atoms with Crippen molar-refractivity contribution in [2.75, 3.05) is 5.32 Å². The molecule has 1 aromatic heterocycles. The number of aryl methyl sites for hydroxylation is 2. The Labute approximate surface area is 164 Å². The number of hydrogen-bond acceptors (Lipinski definition) is 4. The van der Waals surface area contributed by atoms with Crippen LogP contribution in [-0.2, 0) is 6.42 Å². The van der Waals surface area contributed by atoms with E-state index in [0.29, 0.717) is 18.6 Å². The molecule has 7 heteroatoms. The van der Waals surface area contributed by atoms with Crippen LogP contribution in [0.15, 0.2) is 32.8 Å². The Hall–Kier alpha value is -3.09. The zero-order chi connectivity index (χ0) is 20.6. The maximum absolute atomic E-state index is 12.9. The summed E-state index contributed by atoms with van der Waals surface area (Å²) >= 11 is 0. The number of nitrogens with two attached hydrogens (primary N) is 2. The summed E-state index contributed by atoms with van der Waals surface area (Å²) in [5.41, 5.74) is 15.9. The Balaban J connectivity index is 2.01. The zero-order valence-corrected chi connectivity index (χ0v) is 17.0. The van der Waals surface area contributed by atoms with Gasteiger partial charge in [0.1, 0.15) is 5.76 Å². The number of carbonyl (C=O) groups is 1. The van der Waals surface area contributed by atoms with Gasteiger partial charge in [0.2, 0.25) is 5.96 Å². The van der Waals surface area contributed by atoms with Gasteiger partial charge in [-0.05, 0) is 49.8 Å². The van der Waals surface area contributed by atoms with Crippen molar-refractivity contribution >= 4 is 23.3 Å². The van der Waals surface area contributed by atoms with Crippen LogP contribution in [0.5, 0.6) is 0 Å². The van der Waals surface area contributed by atoms with Crippen LogP contribution in [0.3, 0.4) is 0 Å². The Kier molecular flexibility index (Phi) is 5.02. The lowest BCUT2D eigenvalue weighted by atomic mass is 9.75. The van der Waals surface area contributed by atoms with Gasteiger partial charge < -0.3 is 21.2 Å². The van der Waals surface area contributed by atoms with Crippen molar-refractivity contribution in [2.45, 2.75) is 47.5 Å². The molecule has 1 heterocycles. The Morgan fingerprint density at radius 1 is 1.18 bits per heavy atom. The molecule has 0 spiro atoms. The van der Waals surface area contributed by atoms with Gasteiger partial charge in [0.15, 0.2) is 5.76 Å². The van der Waals surface area contributed by atoms with Crippen molar-refractivity contribution in [1.82, 2.24) is 0 Å². The van der Waals surface area contributed by atoms with Crippen molar-refractivity contribution in [1.29, 1.82) is 0 Å². The van der Waals surface area contributed by atoms with Crippen molar-refractivity contribution < 1.29 is 9.21 Å². The molecule has 2 aromatic rings. The summed E-state index contributed by atoms with van der Waals surface area (Å²) in [5, 5.41) is 11.0. The van der Waals surface area contributed by atoms with Crippen LogP contribution in [-0.4, -0.2) is 17.6 Å². The minimum Gasteiger partial charge on any atom is -0.455 e. The van der Waals surface area contributed by atoms with Gasteiger partial charge in [0.25, 0.3) is 5.91 Å². The van der Waals surface area contributed by atoms with Crippen LogP contribution in [0.4, 0.5) is 5.69 Å². The molecule has 1 amide bonds.